The van der Waals surface area contributed by atoms with Crippen LogP contribution in [-0.2, 0) is 35.4 Å². The van der Waals surface area contributed by atoms with E-state index in [4.69, 9.17) is 22.2 Å². The predicted octanol–water partition coefficient (Wildman–Crippen LogP) is 11.1. The molecular weight excluding hydrogens is 1370 g/mol. The van der Waals surface area contributed by atoms with Crippen LogP contribution in [0.2, 0.25) is 0 Å². The van der Waals surface area contributed by atoms with Gasteiger partial charge in [0.15, 0.2) is 0 Å². The molecule has 0 saturated carbocycles. The minimum absolute atomic E-state index is 0.229. The van der Waals surface area contributed by atoms with Crippen molar-refractivity contribution in [3.63, 3.8) is 0 Å². The number of anilines is 3. The zero-order valence-electron chi connectivity index (χ0n) is 44.6. The Morgan fingerprint density at radius 3 is 1.43 bits per heavy atom. The zero-order chi connectivity index (χ0) is 58.9. The number of benzene rings is 4. The van der Waals surface area contributed by atoms with Crippen molar-refractivity contribution in [2.24, 2.45) is 17.2 Å². The van der Waals surface area contributed by atoms with E-state index < -0.39 is 0 Å². The van der Waals surface area contributed by atoms with Crippen LogP contribution in [0.15, 0.2) is 162 Å². The average molecular weight is 1430 g/mol. The van der Waals surface area contributed by atoms with Crippen LogP contribution in [0.1, 0.15) is 67.2 Å². The molecule has 0 aliphatic carbocycles. The number of pyridine rings is 4. The summed E-state index contributed by atoms with van der Waals surface area (Å²) in [5.41, 5.74) is 22.9. The van der Waals surface area contributed by atoms with Gasteiger partial charge in [-0.3, -0.25) is 9.59 Å². The van der Waals surface area contributed by atoms with Crippen LogP contribution < -0.4 is 43.8 Å². The molecule has 0 saturated heterocycles. The molecule has 423 valence electrons. The third kappa shape index (κ3) is 22.4. The topological polar surface area (TPSA) is 271 Å². The van der Waals surface area contributed by atoms with Gasteiger partial charge in [0.1, 0.15) is 33.7 Å². The van der Waals surface area contributed by atoms with E-state index in [0.717, 1.165) is 49.4 Å². The van der Waals surface area contributed by atoms with E-state index in [0.29, 0.717) is 114 Å². The first-order chi connectivity index (χ1) is 39.9. The van der Waals surface area contributed by atoms with Crippen LogP contribution >= 0.6 is 55.9 Å². The molecule has 16 nitrogen and oxygen atoms in total. The van der Waals surface area contributed by atoms with Crippen LogP contribution in [0.5, 0.6) is 0 Å². The van der Waals surface area contributed by atoms with Crippen molar-refractivity contribution < 1.29 is 27.8 Å². The number of nitrogens with zero attached hydrogens (tertiary/aromatic N) is 6. The second kappa shape index (κ2) is 37.2. The normalized spacial score (nSPS) is 10.1. The Kier molecular flexibility index (Phi) is 29.9. The van der Waals surface area contributed by atoms with Crippen molar-refractivity contribution in [2.45, 2.75) is 38.8 Å². The molecule has 0 aliphatic heterocycles. The first-order valence-corrected chi connectivity index (χ1v) is 35.6. The summed E-state index contributed by atoms with van der Waals surface area (Å²) in [5.74, 6) is 0.250. The minimum atomic E-state index is -0.320. The van der Waals surface area contributed by atoms with Crippen LogP contribution in [-0.4, -0.2) is 71.0 Å². The SMILES string of the molecule is N#Cc1ccccc1-c1ccc(C(=O)NCc2cccc(Br)n2)c(NCCc2cccc(F)c2)n1.N#Cc1ccccc1-c1ccc(C(=O)NCc2cccc(NCCCN)n2)c(NCCc2cccc(F)c2)n1.NCCCN.[I][V][I]. The quantitative estimate of drug-likeness (QED) is 0.0178. The Balaban J connectivity index is 0.000000267. The number of carbonyl (C=O) groups is 2. The number of nitrogens with two attached hydrogens (primary N) is 3. The van der Waals surface area contributed by atoms with Crippen molar-refractivity contribution >= 4 is 85.2 Å². The standard InChI is InChI=1S/C30H30FN7O.C27H21BrFN5O.C3H10N2.2HI.V/c31-23-8-3-6-21(18-23)14-17-35-29-26(12-13-27(38-29)25-10-2-1-7-22(25)19-33)30(39)36-20-24-9-4-11-28(37-24)34-16-5-15-32;28-25-10-4-8-21(33-25)17-32-27(35)23-11-12-24(22-9-2-1-6-19(22)16-30)34-26(23)31-14-13-18-5-3-7-20(29)15-18;4-2-1-3-5;;;/h1-4,6-13,18H,5,14-17,20,32H2,(H,34,37)(H,35,38)(H,36,39);1-12,15H,13-14,17H2,(H,31,34)(H,32,35);1-5H2;2*1H;/q;;;;;+2/p-2. The molecule has 82 heavy (non-hydrogen) atoms. The van der Waals surface area contributed by atoms with Gasteiger partial charge in [0.2, 0.25) is 0 Å². The fraction of sp³-hybridized carbons (Fsp3) is 0.200. The summed E-state index contributed by atoms with van der Waals surface area (Å²) in [6, 6.07) is 49.4. The number of rotatable bonds is 22. The summed E-state index contributed by atoms with van der Waals surface area (Å²) in [5, 5.41) is 34.5. The number of amides is 2. The molecule has 4 heterocycles. The predicted molar refractivity (Wildman–Crippen MR) is 337 cm³/mol. The van der Waals surface area contributed by atoms with Gasteiger partial charge in [-0.15, -0.1) is 0 Å². The molecule has 0 aliphatic rings. The van der Waals surface area contributed by atoms with Gasteiger partial charge in [-0.2, -0.15) is 10.5 Å². The number of hydrogen-bond donors (Lipinski definition) is 8. The molecule has 0 unspecified atom stereocenters. The van der Waals surface area contributed by atoms with Crippen molar-refractivity contribution in [3.8, 4) is 34.7 Å². The number of hydrogen-bond acceptors (Lipinski definition) is 14. The first kappa shape index (κ1) is 65.9. The maximum absolute atomic E-state index is 13.6. The van der Waals surface area contributed by atoms with Gasteiger partial charge in [-0.25, -0.2) is 28.7 Å². The first-order valence-electron chi connectivity index (χ1n) is 25.8. The fourth-order valence-corrected chi connectivity index (χ4v) is 8.07. The van der Waals surface area contributed by atoms with E-state index in [-0.39, 0.29) is 36.5 Å². The van der Waals surface area contributed by atoms with Crippen molar-refractivity contribution in [3.05, 3.63) is 219 Å². The molecule has 11 N–H and O–H groups in total. The van der Waals surface area contributed by atoms with E-state index >= 15 is 0 Å². The van der Waals surface area contributed by atoms with E-state index in [2.05, 4.69) is 110 Å². The van der Waals surface area contributed by atoms with Crippen LogP contribution in [0.4, 0.5) is 26.2 Å². The van der Waals surface area contributed by atoms with Gasteiger partial charge >= 0.3 is 49.4 Å². The van der Waals surface area contributed by atoms with E-state index in [1.165, 1.54) is 24.3 Å². The third-order valence-corrected chi connectivity index (χ3v) is 12.1. The molecule has 2 amide bonds. The summed E-state index contributed by atoms with van der Waals surface area (Å²) in [4.78, 5) is 44.5. The molecule has 0 radical (unpaired) electrons. The molecule has 8 rings (SSSR count). The number of nitrogens with one attached hydrogen (secondary N) is 5. The van der Waals surface area contributed by atoms with Crippen LogP contribution in [0.25, 0.3) is 22.5 Å². The second-order valence-electron chi connectivity index (χ2n) is 17.5. The monoisotopic (exact) mass is 1430 g/mol. The Morgan fingerprint density at radius 2 is 0.988 bits per heavy atom. The Morgan fingerprint density at radius 1 is 0.537 bits per heavy atom. The summed E-state index contributed by atoms with van der Waals surface area (Å²) in [7, 11) is 0.628. The third-order valence-electron chi connectivity index (χ3n) is 11.7. The van der Waals surface area contributed by atoms with Crippen molar-refractivity contribution in [1.29, 1.82) is 10.5 Å². The fourth-order valence-electron chi connectivity index (χ4n) is 7.69. The second-order valence-corrected chi connectivity index (χ2v) is 30.1. The maximum atomic E-state index is 13.6. The van der Waals surface area contributed by atoms with E-state index in [1.807, 2.05) is 72.8 Å². The average Bonchev–Trinajstić information content (AvgIpc) is 3.60. The van der Waals surface area contributed by atoms with Crippen molar-refractivity contribution in [1.82, 2.24) is 30.6 Å². The summed E-state index contributed by atoms with van der Waals surface area (Å²) < 4.78 is 27.8. The molecule has 8 aromatic rings. The van der Waals surface area contributed by atoms with Gasteiger partial charge in [-0.1, -0.05) is 72.8 Å². The van der Waals surface area contributed by atoms with Crippen LogP contribution in [0.3, 0.4) is 0 Å². The summed E-state index contributed by atoms with van der Waals surface area (Å²) in [6.45, 7) is 4.10. The number of halogens is 5. The Labute approximate surface area is 514 Å². The molecule has 4 aromatic carbocycles. The van der Waals surface area contributed by atoms with Crippen molar-refractivity contribution in [2.75, 3.05) is 55.2 Å². The summed E-state index contributed by atoms with van der Waals surface area (Å²) in [6.07, 6.45) is 2.86. The van der Waals surface area contributed by atoms with E-state index in [9.17, 15) is 28.9 Å². The zero-order valence-corrected chi connectivity index (χ0v) is 51.9. The molecule has 0 fully saturated rings. The molecule has 0 spiro atoms. The number of nitriles is 2. The van der Waals surface area contributed by atoms with E-state index in [1.54, 1.807) is 60.7 Å². The van der Waals surface area contributed by atoms with Gasteiger partial charge in [0, 0.05) is 30.8 Å². The molecular formula is C60H61BrF2I2N14O2V. The van der Waals surface area contributed by atoms with Crippen LogP contribution in [0, 0.1) is 34.3 Å². The van der Waals surface area contributed by atoms with Gasteiger partial charge < -0.3 is 43.8 Å². The summed E-state index contributed by atoms with van der Waals surface area (Å²) >= 11 is 8.07. The number of aromatic nitrogens is 4. The Bertz CT molecular complexity index is 3410. The molecule has 0 atom stereocenters. The Hall–Kier alpha value is -6.94. The number of carbonyl (C=O) groups excluding carboxylic acids is 2. The molecule has 4 aromatic heterocycles. The molecule has 22 heteroatoms. The van der Waals surface area contributed by atoms with Gasteiger partial charge in [0.25, 0.3) is 11.8 Å². The van der Waals surface area contributed by atoms with Gasteiger partial charge in [-0.05, 0) is 157 Å². The molecule has 0 bridgehead atoms. The van der Waals surface area contributed by atoms with Gasteiger partial charge in [0.05, 0.1) is 70.3 Å².